The first kappa shape index (κ1) is 14.6. The Kier molecular flexibility index (Phi) is 5.22. The maximum atomic E-state index is 12.3. The standard InChI is InChI=1S/C15H11BrN2OS/c16-11-5-7-12(8-6-11)18-15(19)13-3-1-2-4-14(13)20-10-9-17/h1-8H,10H2,(H,18,19). The van der Waals surface area contributed by atoms with Gasteiger partial charge in [-0.1, -0.05) is 28.1 Å². The minimum Gasteiger partial charge on any atom is -0.322 e. The molecule has 0 fully saturated rings. The number of nitrogens with zero attached hydrogens (tertiary/aromatic N) is 1. The van der Waals surface area contributed by atoms with Gasteiger partial charge in [-0.3, -0.25) is 4.79 Å². The fourth-order valence-electron chi connectivity index (χ4n) is 1.62. The summed E-state index contributed by atoms with van der Waals surface area (Å²) in [5, 5.41) is 11.5. The van der Waals surface area contributed by atoms with E-state index in [9.17, 15) is 4.79 Å². The van der Waals surface area contributed by atoms with Crippen LogP contribution in [0.1, 0.15) is 10.4 Å². The molecule has 0 saturated heterocycles. The van der Waals surface area contributed by atoms with E-state index >= 15 is 0 Å². The molecule has 20 heavy (non-hydrogen) atoms. The molecule has 0 heterocycles. The Hall–Kier alpha value is -1.77. The van der Waals surface area contributed by atoms with E-state index in [1.54, 1.807) is 6.07 Å². The number of carbonyl (C=O) groups is 1. The van der Waals surface area contributed by atoms with Gasteiger partial charge in [0, 0.05) is 15.1 Å². The zero-order chi connectivity index (χ0) is 14.4. The summed E-state index contributed by atoms with van der Waals surface area (Å²) in [6, 6.07) is 16.7. The van der Waals surface area contributed by atoms with E-state index in [2.05, 4.69) is 27.3 Å². The van der Waals surface area contributed by atoms with Crippen molar-refractivity contribution >= 4 is 39.3 Å². The van der Waals surface area contributed by atoms with Crippen LogP contribution in [-0.4, -0.2) is 11.7 Å². The molecule has 2 aromatic rings. The number of nitrogens with one attached hydrogen (secondary N) is 1. The zero-order valence-corrected chi connectivity index (χ0v) is 12.9. The second-order valence-electron chi connectivity index (χ2n) is 3.90. The normalized spacial score (nSPS) is 9.80. The second kappa shape index (κ2) is 7.13. The third kappa shape index (κ3) is 3.86. The predicted octanol–water partition coefficient (Wildman–Crippen LogP) is 4.32. The Morgan fingerprint density at radius 2 is 1.90 bits per heavy atom. The number of halogens is 1. The number of thioether (sulfide) groups is 1. The molecule has 2 aromatic carbocycles. The summed E-state index contributed by atoms with van der Waals surface area (Å²) in [6.07, 6.45) is 0. The van der Waals surface area contributed by atoms with Crippen LogP contribution in [0.3, 0.4) is 0 Å². The molecule has 1 amide bonds. The number of hydrogen-bond acceptors (Lipinski definition) is 3. The molecular weight excluding hydrogens is 336 g/mol. The molecule has 0 unspecified atom stereocenters. The highest BCUT2D eigenvalue weighted by Crippen LogP contribution is 2.23. The molecule has 0 aliphatic heterocycles. The number of anilines is 1. The van der Waals surface area contributed by atoms with E-state index in [0.717, 1.165) is 15.1 Å². The van der Waals surface area contributed by atoms with Crippen LogP contribution < -0.4 is 5.32 Å². The lowest BCUT2D eigenvalue weighted by atomic mass is 10.2. The van der Waals surface area contributed by atoms with E-state index in [-0.39, 0.29) is 5.91 Å². The van der Waals surface area contributed by atoms with Crippen molar-refractivity contribution in [2.45, 2.75) is 4.90 Å². The van der Waals surface area contributed by atoms with E-state index in [4.69, 9.17) is 5.26 Å². The highest BCUT2D eigenvalue weighted by molar-refractivity contribution is 9.10. The van der Waals surface area contributed by atoms with Crippen molar-refractivity contribution in [1.82, 2.24) is 0 Å². The monoisotopic (exact) mass is 346 g/mol. The molecule has 0 radical (unpaired) electrons. The van der Waals surface area contributed by atoms with Gasteiger partial charge in [0.05, 0.1) is 17.4 Å². The van der Waals surface area contributed by atoms with Crippen LogP contribution in [0.2, 0.25) is 0 Å². The van der Waals surface area contributed by atoms with Crippen LogP contribution in [0.5, 0.6) is 0 Å². The SMILES string of the molecule is N#CCSc1ccccc1C(=O)Nc1ccc(Br)cc1. The van der Waals surface area contributed by atoms with E-state index in [0.29, 0.717) is 11.3 Å². The highest BCUT2D eigenvalue weighted by atomic mass is 79.9. The fraction of sp³-hybridized carbons (Fsp3) is 0.0667. The van der Waals surface area contributed by atoms with Gasteiger partial charge in [0.25, 0.3) is 5.91 Å². The van der Waals surface area contributed by atoms with Crippen LogP contribution in [0.25, 0.3) is 0 Å². The molecule has 2 rings (SSSR count). The number of nitriles is 1. The quantitative estimate of drug-likeness (QED) is 0.838. The number of amides is 1. The largest absolute Gasteiger partial charge is 0.322 e. The van der Waals surface area contributed by atoms with Crippen LogP contribution >= 0.6 is 27.7 Å². The van der Waals surface area contributed by atoms with Gasteiger partial charge < -0.3 is 5.32 Å². The maximum absolute atomic E-state index is 12.3. The van der Waals surface area contributed by atoms with Crippen molar-refractivity contribution in [1.29, 1.82) is 5.26 Å². The molecule has 0 spiro atoms. The van der Waals surface area contributed by atoms with Crippen LogP contribution in [-0.2, 0) is 0 Å². The molecule has 0 atom stereocenters. The summed E-state index contributed by atoms with van der Waals surface area (Å²) in [4.78, 5) is 13.1. The van der Waals surface area contributed by atoms with Crippen LogP contribution in [0.15, 0.2) is 57.9 Å². The first-order valence-electron chi connectivity index (χ1n) is 5.86. The Labute approximate surface area is 130 Å². The van der Waals surface area contributed by atoms with Gasteiger partial charge in [-0.2, -0.15) is 5.26 Å². The summed E-state index contributed by atoms with van der Waals surface area (Å²) < 4.78 is 0.959. The van der Waals surface area contributed by atoms with Gasteiger partial charge in [0.15, 0.2) is 0 Å². The third-order valence-corrected chi connectivity index (χ3v) is 4.00. The smallest absolute Gasteiger partial charge is 0.256 e. The van der Waals surface area contributed by atoms with Gasteiger partial charge in [-0.15, -0.1) is 11.8 Å². The summed E-state index contributed by atoms with van der Waals surface area (Å²) in [6.45, 7) is 0. The summed E-state index contributed by atoms with van der Waals surface area (Å²) in [5.41, 5.74) is 1.31. The first-order valence-corrected chi connectivity index (χ1v) is 7.64. The fourth-order valence-corrected chi connectivity index (χ4v) is 2.60. The van der Waals surface area contributed by atoms with Crippen molar-refractivity contribution in [3.05, 3.63) is 58.6 Å². The molecule has 0 aromatic heterocycles. The van der Waals surface area contributed by atoms with Crippen LogP contribution in [0.4, 0.5) is 5.69 Å². The summed E-state index contributed by atoms with van der Waals surface area (Å²) in [7, 11) is 0. The van der Waals surface area contributed by atoms with E-state index < -0.39 is 0 Å². The number of benzene rings is 2. The molecule has 100 valence electrons. The summed E-state index contributed by atoms with van der Waals surface area (Å²) in [5.74, 6) is 0.149. The molecule has 3 nitrogen and oxygen atoms in total. The van der Waals surface area contributed by atoms with Crippen molar-refractivity contribution < 1.29 is 4.79 Å². The second-order valence-corrected chi connectivity index (χ2v) is 5.84. The lowest BCUT2D eigenvalue weighted by Gasteiger charge is -2.09. The lowest BCUT2D eigenvalue weighted by molar-refractivity contribution is 0.102. The molecule has 5 heteroatoms. The Morgan fingerprint density at radius 1 is 1.20 bits per heavy atom. The van der Waals surface area contributed by atoms with Gasteiger partial charge in [-0.25, -0.2) is 0 Å². The number of rotatable bonds is 4. The molecule has 0 bridgehead atoms. The molecule has 1 N–H and O–H groups in total. The van der Waals surface area contributed by atoms with E-state index in [1.165, 1.54) is 11.8 Å². The molecule has 0 aliphatic carbocycles. The number of hydrogen-bond donors (Lipinski definition) is 1. The minimum absolute atomic E-state index is 0.173. The van der Waals surface area contributed by atoms with Crippen LogP contribution in [0, 0.1) is 11.3 Å². The van der Waals surface area contributed by atoms with Crippen molar-refractivity contribution in [3.63, 3.8) is 0 Å². The molecule has 0 aliphatic rings. The third-order valence-electron chi connectivity index (χ3n) is 2.53. The number of carbonyl (C=O) groups excluding carboxylic acids is 1. The summed E-state index contributed by atoms with van der Waals surface area (Å²) >= 11 is 4.71. The Morgan fingerprint density at radius 3 is 2.60 bits per heavy atom. The molecular formula is C15H11BrN2OS. The Bertz CT molecular complexity index is 650. The Balaban J connectivity index is 2.16. The van der Waals surface area contributed by atoms with Gasteiger partial charge in [0.1, 0.15) is 0 Å². The van der Waals surface area contributed by atoms with Gasteiger partial charge in [0.2, 0.25) is 0 Å². The maximum Gasteiger partial charge on any atom is 0.256 e. The zero-order valence-electron chi connectivity index (χ0n) is 10.5. The van der Waals surface area contributed by atoms with Crippen molar-refractivity contribution in [2.24, 2.45) is 0 Å². The van der Waals surface area contributed by atoms with E-state index in [1.807, 2.05) is 42.5 Å². The van der Waals surface area contributed by atoms with Crippen molar-refractivity contribution in [2.75, 3.05) is 11.1 Å². The molecule has 0 saturated carbocycles. The highest BCUT2D eigenvalue weighted by Gasteiger charge is 2.11. The lowest BCUT2D eigenvalue weighted by Crippen LogP contribution is -2.12. The minimum atomic E-state index is -0.173. The average molecular weight is 347 g/mol. The first-order chi connectivity index (χ1) is 9.70. The topological polar surface area (TPSA) is 52.9 Å². The van der Waals surface area contributed by atoms with Gasteiger partial charge >= 0.3 is 0 Å². The average Bonchev–Trinajstić information content (AvgIpc) is 2.47. The van der Waals surface area contributed by atoms with Gasteiger partial charge in [-0.05, 0) is 36.4 Å². The predicted molar refractivity (Wildman–Crippen MR) is 84.9 cm³/mol. The van der Waals surface area contributed by atoms with Crippen molar-refractivity contribution in [3.8, 4) is 6.07 Å².